The van der Waals surface area contributed by atoms with Crippen molar-refractivity contribution in [1.29, 1.82) is 0 Å². The lowest BCUT2D eigenvalue weighted by atomic mass is 10.3. The lowest BCUT2D eigenvalue weighted by Crippen LogP contribution is -2.16. The minimum absolute atomic E-state index is 0.772. The highest BCUT2D eigenvalue weighted by molar-refractivity contribution is 9.10. The predicted octanol–water partition coefficient (Wildman–Crippen LogP) is 1.33. The van der Waals surface area contributed by atoms with Gasteiger partial charge in [0, 0.05) is 19.2 Å². The molecule has 2 N–H and O–H groups in total. The first kappa shape index (κ1) is 13.2. The molecule has 0 radical (unpaired) electrons. The third-order valence-corrected chi connectivity index (χ3v) is 3.39. The van der Waals surface area contributed by atoms with Gasteiger partial charge in [0.05, 0.1) is 18.1 Å². The fourth-order valence-electron chi connectivity index (χ4n) is 2.00. The smallest absolute Gasteiger partial charge is 0.155 e. The Morgan fingerprint density at radius 2 is 2.20 bits per heavy atom. The van der Waals surface area contributed by atoms with Crippen LogP contribution in [0.25, 0.3) is 5.65 Å². The highest BCUT2D eigenvalue weighted by Gasteiger charge is 2.03. The molecule has 0 saturated carbocycles. The molecule has 3 rings (SSSR count). The second kappa shape index (κ2) is 6.10. The highest BCUT2D eigenvalue weighted by Crippen LogP contribution is 2.10. The number of hydrogen-bond donors (Lipinski definition) is 2. The van der Waals surface area contributed by atoms with Gasteiger partial charge in [0.25, 0.3) is 0 Å². The first-order valence-corrected chi connectivity index (χ1v) is 7.14. The number of aromatic nitrogens is 6. The molecular formula is C12H14BrN7. The van der Waals surface area contributed by atoms with E-state index in [4.69, 9.17) is 0 Å². The monoisotopic (exact) mass is 335 g/mol. The molecule has 0 aromatic carbocycles. The summed E-state index contributed by atoms with van der Waals surface area (Å²) < 4.78 is 2.83. The highest BCUT2D eigenvalue weighted by atomic mass is 79.9. The Morgan fingerprint density at radius 3 is 3.05 bits per heavy atom. The van der Waals surface area contributed by atoms with E-state index in [2.05, 4.69) is 46.4 Å². The van der Waals surface area contributed by atoms with Gasteiger partial charge >= 0.3 is 0 Å². The Hall–Kier alpha value is -1.80. The molecule has 3 aromatic rings. The van der Waals surface area contributed by atoms with Gasteiger partial charge in [0.1, 0.15) is 16.8 Å². The van der Waals surface area contributed by atoms with E-state index in [0.717, 1.165) is 47.7 Å². The predicted molar refractivity (Wildman–Crippen MR) is 77.1 cm³/mol. The lowest BCUT2D eigenvalue weighted by Gasteiger charge is -2.04. The van der Waals surface area contributed by atoms with E-state index < -0.39 is 0 Å². The Labute approximate surface area is 124 Å². The van der Waals surface area contributed by atoms with Gasteiger partial charge in [-0.15, -0.1) is 0 Å². The van der Waals surface area contributed by atoms with Crippen molar-refractivity contribution in [2.45, 2.75) is 19.4 Å². The van der Waals surface area contributed by atoms with Crippen molar-refractivity contribution in [1.82, 2.24) is 34.9 Å². The fourth-order valence-corrected chi connectivity index (χ4v) is 2.30. The fraction of sp³-hybridized carbons (Fsp3) is 0.333. The summed E-state index contributed by atoms with van der Waals surface area (Å²) in [6.45, 7) is 1.69. The maximum atomic E-state index is 4.32. The molecule has 104 valence electrons. The summed E-state index contributed by atoms with van der Waals surface area (Å²) >= 11 is 3.37. The zero-order valence-corrected chi connectivity index (χ0v) is 12.3. The van der Waals surface area contributed by atoms with Gasteiger partial charge in [0.2, 0.25) is 0 Å². The quantitative estimate of drug-likeness (QED) is 0.664. The van der Waals surface area contributed by atoms with Crippen LogP contribution >= 0.6 is 15.9 Å². The van der Waals surface area contributed by atoms with Crippen molar-refractivity contribution in [2.24, 2.45) is 0 Å². The molecule has 8 heteroatoms. The standard InChI is InChI=1S/C12H14BrN7/c13-10-7-20-9(5-16-12(20)6-15-10)4-14-3-1-2-11-17-8-18-19-11/h5-8,14H,1-4H2,(H,17,18,19). The summed E-state index contributed by atoms with van der Waals surface area (Å²) in [5, 5.41) is 10.1. The van der Waals surface area contributed by atoms with Crippen LogP contribution in [-0.4, -0.2) is 36.1 Å². The number of aryl methyl sites for hydroxylation is 1. The van der Waals surface area contributed by atoms with Crippen LogP contribution in [0, 0.1) is 0 Å². The number of fused-ring (bicyclic) bond motifs is 1. The number of rotatable bonds is 6. The number of nitrogens with one attached hydrogen (secondary N) is 2. The van der Waals surface area contributed by atoms with Gasteiger partial charge < -0.3 is 5.32 Å². The Balaban J connectivity index is 1.51. The van der Waals surface area contributed by atoms with Crippen molar-refractivity contribution < 1.29 is 0 Å². The number of nitrogens with zero attached hydrogens (tertiary/aromatic N) is 5. The first-order valence-electron chi connectivity index (χ1n) is 6.35. The number of aromatic amines is 1. The maximum absolute atomic E-state index is 4.32. The Kier molecular flexibility index (Phi) is 4.03. The third-order valence-electron chi connectivity index (χ3n) is 2.98. The van der Waals surface area contributed by atoms with E-state index in [-0.39, 0.29) is 0 Å². The zero-order chi connectivity index (χ0) is 13.8. The lowest BCUT2D eigenvalue weighted by molar-refractivity contribution is 0.629. The van der Waals surface area contributed by atoms with Crippen LogP contribution in [0.3, 0.4) is 0 Å². The second-order valence-corrected chi connectivity index (χ2v) is 5.21. The molecule has 7 nitrogen and oxygen atoms in total. The molecule has 0 aliphatic heterocycles. The largest absolute Gasteiger partial charge is 0.311 e. The normalized spacial score (nSPS) is 11.2. The van der Waals surface area contributed by atoms with E-state index in [1.807, 2.05) is 16.8 Å². The van der Waals surface area contributed by atoms with Crippen molar-refractivity contribution in [3.05, 3.63) is 41.0 Å². The molecule has 0 bridgehead atoms. The molecule has 3 heterocycles. The number of H-pyrrole nitrogens is 1. The van der Waals surface area contributed by atoms with Crippen molar-refractivity contribution >= 4 is 21.6 Å². The van der Waals surface area contributed by atoms with Gasteiger partial charge in [-0.25, -0.2) is 15.0 Å². The van der Waals surface area contributed by atoms with Gasteiger partial charge in [-0.3, -0.25) is 9.50 Å². The summed E-state index contributed by atoms with van der Waals surface area (Å²) in [6.07, 6.45) is 8.98. The molecule has 0 unspecified atom stereocenters. The van der Waals surface area contributed by atoms with E-state index in [1.165, 1.54) is 6.33 Å². The summed E-state index contributed by atoms with van der Waals surface area (Å²) in [4.78, 5) is 12.6. The minimum Gasteiger partial charge on any atom is -0.311 e. The van der Waals surface area contributed by atoms with Crippen LogP contribution in [0.4, 0.5) is 0 Å². The maximum Gasteiger partial charge on any atom is 0.155 e. The van der Waals surface area contributed by atoms with Gasteiger partial charge in [-0.2, -0.15) is 5.10 Å². The van der Waals surface area contributed by atoms with Gasteiger partial charge in [0.15, 0.2) is 5.65 Å². The van der Waals surface area contributed by atoms with E-state index in [9.17, 15) is 0 Å². The van der Waals surface area contributed by atoms with E-state index in [1.54, 1.807) is 6.20 Å². The van der Waals surface area contributed by atoms with Crippen LogP contribution in [0.15, 0.2) is 29.5 Å². The molecule has 0 aliphatic rings. The van der Waals surface area contributed by atoms with Crippen LogP contribution in [0.1, 0.15) is 17.9 Å². The molecular weight excluding hydrogens is 322 g/mol. The summed E-state index contributed by atoms with van der Waals surface area (Å²) in [6, 6.07) is 0. The first-order chi connectivity index (χ1) is 9.83. The van der Waals surface area contributed by atoms with Gasteiger partial charge in [-0.1, -0.05) is 0 Å². The molecule has 0 atom stereocenters. The molecule has 0 amide bonds. The minimum atomic E-state index is 0.772. The van der Waals surface area contributed by atoms with Crippen LogP contribution in [0.2, 0.25) is 0 Å². The zero-order valence-electron chi connectivity index (χ0n) is 10.8. The molecule has 0 aliphatic carbocycles. The van der Waals surface area contributed by atoms with Crippen molar-refractivity contribution in [3.63, 3.8) is 0 Å². The van der Waals surface area contributed by atoms with Crippen molar-refractivity contribution in [3.8, 4) is 0 Å². The van der Waals surface area contributed by atoms with Crippen LogP contribution in [0.5, 0.6) is 0 Å². The summed E-state index contributed by atoms with van der Waals surface area (Å²) in [5.41, 5.74) is 1.97. The number of halogens is 1. The van der Waals surface area contributed by atoms with E-state index >= 15 is 0 Å². The molecule has 3 aromatic heterocycles. The molecule has 0 saturated heterocycles. The topological polar surface area (TPSA) is 83.8 Å². The average molecular weight is 336 g/mol. The third kappa shape index (κ3) is 3.02. The van der Waals surface area contributed by atoms with Crippen LogP contribution in [-0.2, 0) is 13.0 Å². The average Bonchev–Trinajstić information content (AvgIpc) is 3.08. The molecule has 20 heavy (non-hydrogen) atoms. The number of hydrogen-bond acceptors (Lipinski definition) is 5. The van der Waals surface area contributed by atoms with Gasteiger partial charge in [-0.05, 0) is 28.9 Å². The second-order valence-electron chi connectivity index (χ2n) is 4.40. The SMILES string of the molecule is Brc1cn2c(CNCCCc3ncn[nH]3)cnc2cn1. The van der Waals surface area contributed by atoms with Crippen LogP contribution < -0.4 is 5.32 Å². The Bertz CT molecular complexity index is 676. The van der Waals surface area contributed by atoms with Crippen molar-refractivity contribution in [2.75, 3.05) is 6.54 Å². The number of imidazole rings is 1. The Morgan fingerprint density at radius 1 is 1.25 bits per heavy atom. The molecule has 0 spiro atoms. The van der Waals surface area contributed by atoms with E-state index in [0.29, 0.717) is 0 Å². The molecule has 0 fully saturated rings. The summed E-state index contributed by atoms with van der Waals surface area (Å²) in [5.74, 6) is 0.927. The summed E-state index contributed by atoms with van der Waals surface area (Å²) in [7, 11) is 0.